The van der Waals surface area contributed by atoms with Gasteiger partial charge in [0.2, 0.25) is 5.91 Å². The summed E-state index contributed by atoms with van der Waals surface area (Å²) in [6, 6.07) is -3.06. The first-order chi connectivity index (χ1) is 18.2. The van der Waals surface area contributed by atoms with E-state index in [1.165, 1.54) is 0 Å². The van der Waals surface area contributed by atoms with Gasteiger partial charge in [-0.2, -0.15) is 0 Å². The van der Waals surface area contributed by atoms with E-state index >= 15 is 0 Å². The molecule has 0 spiro atoms. The summed E-state index contributed by atoms with van der Waals surface area (Å²) in [5.74, 6) is -2.38. The van der Waals surface area contributed by atoms with Crippen LogP contribution in [0.15, 0.2) is 5.11 Å². The zero-order valence-electron chi connectivity index (χ0n) is 25.2. The van der Waals surface area contributed by atoms with E-state index in [-0.39, 0.29) is 32.4 Å². The van der Waals surface area contributed by atoms with Crippen molar-refractivity contribution in [1.29, 1.82) is 0 Å². The minimum absolute atomic E-state index is 0.0795. The summed E-state index contributed by atoms with van der Waals surface area (Å²) < 4.78 is 16.1. The largest absolute Gasteiger partial charge is 0.460 e. The molecule has 14 heteroatoms. The third kappa shape index (κ3) is 19.5. The van der Waals surface area contributed by atoms with Crippen LogP contribution in [0.2, 0.25) is 0 Å². The highest BCUT2D eigenvalue weighted by Gasteiger charge is 2.31. The van der Waals surface area contributed by atoms with E-state index in [4.69, 9.17) is 19.7 Å². The first kappa shape index (κ1) is 36.5. The topological polar surface area (TPSA) is 198 Å². The van der Waals surface area contributed by atoms with Crippen molar-refractivity contribution in [2.75, 3.05) is 13.1 Å². The lowest BCUT2D eigenvalue weighted by Gasteiger charge is -2.27. The molecule has 228 valence electrons. The van der Waals surface area contributed by atoms with Gasteiger partial charge in [0.05, 0.1) is 0 Å². The molecule has 0 aromatic rings. The van der Waals surface area contributed by atoms with Gasteiger partial charge in [-0.15, -0.1) is 0 Å². The molecule has 0 heterocycles. The van der Waals surface area contributed by atoms with Crippen molar-refractivity contribution < 1.29 is 38.2 Å². The van der Waals surface area contributed by atoms with Crippen molar-refractivity contribution in [1.82, 2.24) is 16.0 Å². The van der Waals surface area contributed by atoms with Crippen LogP contribution in [0.5, 0.6) is 0 Å². The quantitative estimate of drug-likeness (QED) is 0.0704. The maximum Gasteiger partial charge on any atom is 0.329 e. The third-order valence-electron chi connectivity index (χ3n) is 4.57. The van der Waals surface area contributed by atoms with Gasteiger partial charge in [-0.3, -0.25) is 9.59 Å². The minimum Gasteiger partial charge on any atom is -0.460 e. The van der Waals surface area contributed by atoms with Crippen molar-refractivity contribution in [3.63, 3.8) is 0 Å². The van der Waals surface area contributed by atoms with Crippen LogP contribution < -0.4 is 16.0 Å². The maximum absolute atomic E-state index is 12.9. The number of nitrogens with one attached hydrogen (secondary N) is 3. The molecule has 0 fully saturated rings. The molecule has 0 aliphatic carbocycles. The lowest BCUT2D eigenvalue weighted by atomic mass is 10.1. The molecule has 2 unspecified atom stereocenters. The van der Waals surface area contributed by atoms with Gasteiger partial charge in [0, 0.05) is 17.9 Å². The van der Waals surface area contributed by atoms with Gasteiger partial charge in [-0.05, 0) is 93.5 Å². The second kappa shape index (κ2) is 16.5. The molecule has 3 amide bonds. The van der Waals surface area contributed by atoms with Gasteiger partial charge >= 0.3 is 23.9 Å². The number of ether oxygens (including phenoxy) is 3. The Morgan fingerprint density at radius 1 is 0.750 bits per heavy atom. The molecule has 0 aromatic heterocycles. The van der Waals surface area contributed by atoms with Crippen LogP contribution in [-0.2, 0) is 33.4 Å². The Labute approximate surface area is 236 Å². The molecule has 0 aromatic carbocycles. The SMILES string of the molecule is CC(C)(C)OC(=O)CCC(NC(=O)NC(CCCCNC(=O)CN=[N+]=[N-])C(=O)OC(C)(C)C)C(=O)OC(C)(C)C. The van der Waals surface area contributed by atoms with Gasteiger partial charge in [-0.25, -0.2) is 14.4 Å². The highest BCUT2D eigenvalue weighted by Crippen LogP contribution is 2.15. The van der Waals surface area contributed by atoms with Gasteiger partial charge in [-0.1, -0.05) is 5.11 Å². The monoisotopic (exact) mass is 570 g/mol. The molecule has 0 rings (SSSR count). The number of nitrogens with zero attached hydrogens (tertiary/aromatic N) is 3. The van der Waals surface area contributed by atoms with Crippen LogP contribution in [0.4, 0.5) is 4.79 Å². The number of amides is 3. The molecule has 0 aliphatic heterocycles. The molecule has 14 nitrogen and oxygen atoms in total. The highest BCUT2D eigenvalue weighted by atomic mass is 16.6. The number of azide groups is 1. The lowest BCUT2D eigenvalue weighted by Crippen LogP contribution is -2.53. The normalized spacial score (nSPS) is 13.1. The summed E-state index contributed by atoms with van der Waals surface area (Å²) >= 11 is 0. The summed E-state index contributed by atoms with van der Waals surface area (Å²) in [4.78, 5) is 64.8. The average molecular weight is 571 g/mol. The number of esters is 3. The Bertz CT molecular complexity index is 927. The van der Waals surface area contributed by atoms with E-state index in [1.807, 2.05) is 0 Å². The minimum atomic E-state index is -1.18. The molecule has 0 saturated carbocycles. The second-order valence-electron chi connectivity index (χ2n) is 12.1. The molecule has 0 radical (unpaired) electrons. The van der Waals surface area contributed by atoms with Crippen molar-refractivity contribution >= 4 is 29.8 Å². The molecular weight excluding hydrogens is 524 g/mol. The summed E-state index contributed by atoms with van der Waals surface area (Å²) in [6.07, 6.45) is 0.858. The summed E-state index contributed by atoms with van der Waals surface area (Å²) in [7, 11) is 0. The van der Waals surface area contributed by atoms with E-state index in [0.29, 0.717) is 12.8 Å². The van der Waals surface area contributed by atoms with E-state index in [9.17, 15) is 24.0 Å². The van der Waals surface area contributed by atoms with Crippen LogP contribution in [-0.4, -0.2) is 71.8 Å². The first-order valence-corrected chi connectivity index (χ1v) is 13.2. The van der Waals surface area contributed by atoms with Gasteiger partial charge in [0.1, 0.15) is 35.4 Å². The van der Waals surface area contributed by atoms with Crippen molar-refractivity contribution in [2.24, 2.45) is 5.11 Å². The predicted molar refractivity (Wildman–Crippen MR) is 147 cm³/mol. The molecule has 0 aliphatic rings. The van der Waals surface area contributed by atoms with Gasteiger partial charge in [0.25, 0.3) is 0 Å². The first-order valence-electron chi connectivity index (χ1n) is 13.2. The molecule has 3 N–H and O–H groups in total. The molecule has 40 heavy (non-hydrogen) atoms. The van der Waals surface area contributed by atoms with Crippen LogP contribution in [0.1, 0.15) is 94.4 Å². The van der Waals surface area contributed by atoms with Crippen LogP contribution in [0, 0.1) is 0 Å². The van der Waals surface area contributed by atoms with Crippen molar-refractivity contribution in [3.8, 4) is 0 Å². The van der Waals surface area contributed by atoms with Crippen LogP contribution in [0.25, 0.3) is 10.4 Å². The Morgan fingerprint density at radius 3 is 1.68 bits per heavy atom. The molecule has 0 bridgehead atoms. The number of carbonyl (C=O) groups excluding carboxylic acids is 5. The van der Waals surface area contributed by atoms with Crippen molar-refractivity contribution in [2.45, 2.75) is 123 Å². The zero-order chi connectivity index (χ0) is 31.1. The number of carbonyl (C=O) groups is 5. The molecule has 0 saturated heterocycles. The smallest absolute Gasteiger partial charge is 0.329 e. The van der Waals surface area contributed by atoms with Crippen LogP contribution in [0.3, 0.4) is 0 Å². The third-order valence-corrected chi connectivity index (χ3v) is 4.57. The zero-order valence-corrected chi connectivity index (χ0v) is 25.2. The van der Waals surface area contributed by atoms with Gasteiger partial charge < -0.3 is 30.2 Å². The van der Waals surface area contributed by atoms with Gasteiger partial charge in [0.15, 0.2) is 0 Å². The summed E-state index contributed by atoms with van der Waals surface area (Å²) in [6.45, 7) is 15.2. The molecule has 2 atom stereocenters. The standard InChI is InChI=1S/C26H46N6O8/c1-24(2,3)38-20(34)14-13-18(22(36)40-26(7,8)9)31-23(37)30-17(21(35)39-25(4,5)6)12-10-11-15-28-19(33)16-29-32-27/h17-18H,10-16H2,1-9H3,(H,28,33)(H2,30,31,37). The predicted octanol–water partition coefficient (Wildman–Crippen LogP) is 3.42. The number of urea groups is 1. The number of hydrogen-bond acceptors (Lipinski definition) is 9. The summed E-state index contributed by atoms with van der Waals surface area (Å²) in [5.41, 5.74) is 5.91. The number of rotatable bonds is 14. The summed E-state index contributed by atoms with van der Waals surface area (Å²) in [5, 5.41) is 10.8. The van der Waals surface area contributed by atoms with Crippen molar-refractivity contribution in [3.05, 3.63) is 10.4 Å². The fourth-order valence-electron chi connectivity index (χ4n) is 3.11. The number of unbranched alkanes of at least 4 members (excludes halogenated alkanes) is 1. The second-order valence-corrected chi connectivity index (χ2v) is 12.1. The maximum atomic E-state index is 12.9. The fourth-order valence-corrected chi connectivity index (χ4v) is 3.11. The fraction of sp³-hybridized carbons (Fsp3) is 0.808. The van der Waals surface area contributed by atoms with Crippen LogP contribution >= 0.6 is 0 Å². The van der Waals surface area contributed by atoms with E-state index < -0.39 is 58.7 Å². The van der Waals surface area contributed by atoms with E-state index in [2.05, 4.69) is 26.0 Å². The van der Waals surface area contributed by atoms with E-state index in [1.54, 1.807) is 62.3 Å². The highest BCUT2D eigenvalue weighted by molar-refractivity contribution is 5.87. The Balaban J connectivity index is 5.38. The molecular formula is C26H46N6O8. The Hall–Kier alpha value is -3.54. The number of hydrogen-bond donors (Lipinski definition) is 3. The Morgan fingerprint density at radius 2 is 1.23 bits per heavy atom. The average Bonchev–Trinajstić information content (AvgIpc) is 2.75. The lowest BCUT2D eigenvalue weighted by molar-refractivity contribution is -0.159. The Kier molecular flexibility index (Phi) is 15.1. The van der Waals surface area contributed by atoms with E-state index in [0.717, 1.165) is 0 Å².